The molecular weight excluding hydrogens is 260 g/mol. The number of carbonyl (C=O) groups is 2. The second kappa shape index (κ2) is 6.91. The van der Waals surface area contributed by atoms with Crippen molar-refractivity contribution in [1.82, 2.24) is 0 Å². The normalized spacial score (nSPS) is 13.7. The predicted molar refractivity (Wildman–Crippen MR) is 74.7 cm³/mol. The van der Waals surface area contributed by atoms with E-state index >= 15 is 0 Å². The van der Waals surface area contributed by atoms with Gasteiger partial charge in [-0.1, -0.05) is 12.1 Å². The van der Waals surface area contributed by atoms with Gasteiger partial charge < -0.3 is 19.7 Å². The van der Waals surface area contributed by atoms with Gasteiger partial charge in [-0.25, -0.2) is 4.79 Å². The highest BCUT2D eigenvalue weighted by molar-refractivity contribution is 6.01. The van der Waals surface area contributed by atoms with E-state index in [4.69, 9.17) is 9.47 Å². The fourth-order valence-electron chi connectivity index (χ4n) is 2.04. The maximum absolute atomic E-state index is 11.6. The molecule has 0 saturated carbocycles. The molecule has 0 atom stereocenters. The van der Waals surface area contributed by atoms with Crippen LogP contribution in [0.5, 0.6) is 0 Å². The van der Waals surface area contributed by atoms with E-state index < -0.39 is 0 Å². The van der Waals surface area contributed by atoms with E-state index in [1.54, 1.807) is 6.92 Å². The van der Waals surface area contributed by atoms with Crippen molar-refractivity contribution in [3.05, 3.63) is 24.3 Å². The van der Waals surface area contributed by atoms with Gasteiger partial charge in [-0.05, 0) is 19.1 Å². The summed E-state index contributed by atoms with van der Waals surface area (Å²) in [6, 6.07) is 7.60. The number of nitrogens with zero attached hydrogens (tertiary/aromatic N) is 1. The molecule has 0 unspecified atom stereocenters. The molecule has 1 N–H and O–H groups in total. The van der Waals surface area contributed by atoms with Gasteiger partial charge >= 0.3 is 5.97 Å². The number of anilines is 2. The lowest BCUT2D eigenvalue weighted by Gasteiger charge is -2.30. The maximum Gasteiger partial charge on any atom is 0.332 e. The lowest BCUT2D eigenvalue weighted by molar-refractivity contribution is -0.148. The SMILES string of the molecule is CCOC(=O)COCCN1CC(=O)Nc2ccccc21. The summed E-state index contributed by atoms with van der Waals surface area (Å²) in [7, 11) is 0. The van der Waals surface area contributed by atoms with E-state index in [0.717, 1.165) is 11.4 Å². The van der Waals surface area contributed by atoms with Crippen LogP contribution in [0, 0.1) is 0 Å². The van der Waals surface area contributed by atoms with Crippen molar-refractivity contribution in [2.24, 2.45) is 0 Å². The molecule has 1 aliphatic rings. The highest BCUT2D eigenvalue weighted by Gasteiger charge is 2.20. The van der Waals surface area contributed by atoms with Crippen molar-refractivity contribution in [3.63, 3.8) is 0 Å². The van der Waals surface area contributed by atoms with Crippen molar-refractivity contribution >= 4 is 23.3 Å². The zero-order chi connectivity index (χ0) is 14.4. The first-order valence-electron chi connectivity index (χ1n) is 6.58. The fraction of sp³-hybridized carbons (Fsp3) is 0.429. The summed E-state index contributed by atoms with van der Waals surface area (Å²) >= 11 is 0. The summed E-state index contributed by atoms with van der Waals surface area (Å²) in [5, 5.41) is 2.82. The number of ether oxygens (including phenoxy) is 2. The van der Waals surface area contributed by atoms with Crippen LogP contribution in [0.2, 0.25) is 0 Å². The third kappa shape index (κ3) is 3.71. The number of fused-ring (bicyclic) bond motifs is 1. The Labute approximate surface area is 117 Å². The van der Waals surface area contributed by atoms with E-state index in [-0.39, 0.29) is 18.5 Å². The van der Waals surface area contributed by atoms with E-state index in [9.17, 15) is 9.59 Å². The Hall–Kier alpha value is -2.08. The third-order valence-corrected chi connectivity index (χ3v) is 2.88. The number of nitrogens with one attached hydrogen (secondary N) is 1. The minimum Gasteiger partial charge on any atom is -0.464 e. The van der Waals surface area contributed by atoms with E-state index in [1.165, 1.54) is 0 Å². The number of amides is 1. The lowest BCUT2D eigenvalue weighted by Crippen LogP contribution is -2.40. The first kappa shape index (κ1) is 14.3. The summed E-state index contributed by atoms with van der Waals surface area (Å²) in [4.78, 5) is 24.6. The standard InChI is InChI=1S/C14H18N2O4/c1-2-20-14(18)10-19-8-7-16-9-13(17)15-11-5-3-4-6-12(11)16/h3-6H,2,7-10H2,1H3,(H,15,17). The number of hydrogen-bond donors (Lipinski definition) is 1. The first-order chi connectivity index (χ1) is 9.70. The largest absolute Gasteiger partial charge is 0.464 e. The quantitative estimate of drug-likeness (QED) is 0.621. The Morgan fingerprint density at radius 1 is 1.40 bits per heavy atom. The van der Waals surface area contributed by atoms with Gasteiger partial charge in [-0.2, -0.15) is 0 Å². The molecule has 1 aliphatic heterocycles. The second-order valence-corrected chi connectivity index (χ2v) is 4.34. The number of para-hydroxylation sites is 2. The summed E-state index contributed by atoms with van der Waals surface area (Å²) in [6.45, 7) is 3.24. The molecule has 6 nitrogen and oxygen atoms in total. The van der Waals surface area contributed by atoms with Crippen molar-refractivity contribution in [3.8, 4) is 0 Å². The average molecular weight is 278 g/mol. The summed E-state index contributed by atoms with van der Waals surface area (Å²) in [5.74, 6) is -0.418. The smallest absolute Gasteiger partial charge is 0.332 e. The molecule has 6 heteroatoms. The molecule has 2 rings (SSSR count). The highest BCUT2D eigenvalue weighted by Crippen LogP contribution is 2.28. The molecule has 1 amide bonds. The molecule has 0 saturated heterocycles. The summed E-state index contributed by atoms with van der Waals surface area (Å²) in [5.41, 5.74) is 1.76. The van der Waals surface area contributed by atoms with Gasteiger partial charge in [-0.3, -0.25) is 4.79 Å². The first-order valence-corrected chi connectivity index (χ1v) is 6.58. The van der Waals surface area contributed by atoms with Crippen molar-refractivity contribution in [1.29, 1.82) is 0 Å². The molecular formula is C14H18N2O4. The molecule has 0 fully saturated rings. The summed E-state index contributed by atoms with van der Waals surface area (Å²) in [6.07, 6.45) is 0. The molecule has 0 spiro atoms. The fourth-order valence-corrected chi connectivity index (χ4v) is 2.04. The van der Waals surface area contributed by atoms with Crippen molar-refractivity contribution < 1.29 is 19.1 Å². The Balaban J connectivity index is 1.84. The average Bonchev–Trinajstić information content (AvgIpc) is 2.43. The van der Waals surface area contributed by atoms with Crippen LogP contribution in [-0.4, -0.2) is 44.8 Å². The Morgan fingerprint density at radius 3 is 3.00 bits per heavy atom. The van der Waals surface area contributed by atoms with Crippen molar-refractivity contribution in [2.75, 3.05) is 43.1 Å². The van der Waals surface area contributed by atoms with Gasteiger partial charge in [0, 0.05) is 6.54 Å². The van der Waals surface area contributed by atoms with E-state index in [1.807, 2.05) is 29.2 Å². The Kier molecular flexibility index (Phi) is 4.95. The molecule has 0 aromatic heterocycles. The molecule has 20 heavy (non-hydrogen) atoms. The molecule has 1 aromatic carbocycles. The molecule has 1 heterocycles. The van der Waals surface area contributed by atoms with Crippen LogP contribution in [0.3, 0.4) is 0 Å². The zero-order valence-electron chi connectivity index (χ0n) is 11.4. The number of hydrogen-bond acceptors (Lipinski definition) is 5. The minimum atomic E-state index is -0.371. The number of esters is 1. The zero-order valence-corrected chi connectivity index (χ0v) is 11.4. The third-order valence-electron chi connectivity index (χ3n) is 2.88. The minimum absolute atomic E-state index is 0.0471. The molecule has 1 aromatic rings. The number of carbonyl (C=O) groups excluding carboxylic acids is 2. The molecule has 108 valence electrons. The Bertz CT molecular complexity index is 490. The predicted octanol–water partition coefficient (Wildman–Crippen LogP) is 1.02. The van der Waals surface area contributed by atoms with Crippen molar-refractivity contribution in [2.45, 2.75) is 6.92 Å². The van der Waals surface area contributed by atoms with Crippen LogP contribution in [0.1, 0.15) is 6.92 Å². The van der Waals surface area contributed by atoms with Gasteiger partial charge in [0.2, 0.25) is 5.91 Å². The maximum atomic E-state index is 11.6. The van der Waals surface area contributed by atoms with Crippen LogP contribution in [0.25, 0.3) is 0 Å². The monoisotopic (exact) mass is 278 g/mol. The number of rotatable bonds is 6. The van der Waals surface area contributed by atoms with Crippen LogP contribution in [-0.2, 0) is 19.1 Å². The molecule has 0 aliphatic carbocycles. The van der Waals surface area contributed by atoms with Gasteiger partial charge in [0.05, 0.1) is 31.1 Å². The van der Waals surface area contributed by atoms with E-state index in [2.05, 4.69) is 5.32 Å². The van der Waals surface area contributed by atoms with Gasteiger partial charge in [-0.15, -0.1) is 0 Å². The van der Waals surface area contributed by atoms with Gasteiger partial charge in [0.1, 0.15) is 6.61 Å². The second-order valence-electron chi connectivity index (χ2n) is 4.34. The topological polar surface area (TPSA) is 67.9 Å². The van der Waals surface area contributed by atoms with Crippen LogP contribution < -0.4 is 10.2 Å². The molecule has 0 radical (unpaired) electrons. The van der Waals surface area contributed by atoms with Crippen LogP contribution in [0.15, 0.2) is 24.3 Å². The highest BCUT2D eigenvalue weighted by atomic mass is 16.6. The van der Waals surface area contributed by atoms with E-state index in [0.29, 0.717) is 26.3 Å². The van der Waals surface area contributed by atoms with Crippen LogP contribution in [0.4, 0.5) is 11.4 Å². The molecule has 0 bridgehead atoms. The van der Waals surface area contributed by atoms with Gasteiger partial charge in [0.25, 0.3) is 0 Å². The number of benzene rings is 1. The lowest BCUT2D eigenvalue weighted by atomic mass is 10.2. The van der Waals surface area contributed by atoms with Gasteiger partial charge in [0.15, 0.2) is 0 Å². The van der Waals surface area contributed by atoms with Crippen LogP contribution >= 0.6 is 0 Å². The summed E-state index contributed by atoms with van der Waals surface area (Å²) < 4.78 is 10.0. The Morgan fingerprint density at radius 2 is 2.20 bits per heavy atom.